The summed E-state index contributed by atoms with van der Waals surface area (Å²) in [6.45, 7) is 6.28. The van der Waals surface area contributed by atoms with E-state index in [1.165, 1.54) is 0 Å². The van der Waals surface area contributed by atoms with Crippen LogP contribution in [0.25, 0.3) is 0 Å². The fraction of sp³-hybridized carbons (Fsp3) is 0.933. The van der Waals surface area contributed by atoms with E-state index in [2.05, 4.69) is 18.7 Å². The Hall–Kier alpha value is -0.650. The first kappa shape index (κ1) is 17.4. The van der Waals surface area contributed by atoms with Gasteiger partial charge in [0.05, 0.1) is 19.1 Å². The van der Waals surface area contributed by atoms with Gasteiger partial charge in [0.1, 0.15) is 0 Å². The minimum atomic E-state index is -0.672. The lowest BCUT2D eigenvalue weighted by Crippen LogP contribution is -2.52. The summed E-state index contributed by atoms with van der Waals surface area (Å²) in [5.74, 6) is -0.369. The van der Waals surface area contributed by atoms with Crippen LogP contribution >= 0.6 is 0 Å². The molecule has 0 bridgehead atoms. The van der Waals surface area contributed by atoms with Crippen molar-refractivity contribution in [2.75, 3.05) is 34.0 Å². The molecule has 20 heavy (non-hydrogen) atoms. The lowest BCUT2D eigenvalue weighted by atomic mass is 9.78. The highest BCUT2D eigenvalue weighted by Crippen LogP contribution is 2.33. The van der Waals surface area contributed by atoms with E-state index in [0.717, 1.165) is 25.8 Å². The summed E-state index contributed by atoms with van der Waals surface area (Å²) in [4.78, 5) is 13.8. The van der Waals surface area contributed by atoms with Gasteiger partial charge in [-0.1, -0.05) is 6.92 Å². The van der Waals surface area contributed by atoms with Gasteiger partial charge >= 0.3 is 5.97 Å². The third kappa shape index (κ3) is 4.72. The number of ether oxygens (including phenoxy) is 2. The Kier molecular flexibility index (Phi) is 7.48. The molecule has 4 unspecified atom stereocenters. The molecule has 1 rings (SSSR count). The number of aliphatic carboxylic acids is 1. The fourth-order valence-electron chi connectivity index (χ4n) is 3.25. The number of nitrogens with zero attached hydrogens (tertiary/aromatic N) is 1. The summed E-state index contributed by atoms with van der Waals surface area (Å²) in [5.41, 5.74) is 0. The molecule has 5 heteroatoms. The fourth-order valence-corrected chi connectivity index (χ4v) is 3.25. The molecule has 1 fully saturated rings. The van der Waals surface area contributed by atoms with Crippen LogP contribution < -0.4 is 0 Å². The van der Waals surface area contributed by atoms with Crippen LogP contribution in [0.1, 0.15) is 33.1 Å². The minimum absolute atomic E-state index is 0.0801. The normalized spacial score (nSPS) is 28.6. The first-order valence-corrected chi connectivity index (χ1v) is 7.47. The number of methoxy groups -OCH3 is 2. The molecule has 1 aliphatic rings. The van der Waals surface area contributed by atoms with E-state index in [0.29, 0.717) is 19.1 Å². The minimum Gasteiger partial charge on any atom is -0.481 e. The van der Waals surface area contributed by atoms with E-state index in [1.54, 1.807) is 14.2 Å². The van der Waals surface area contributed by atoms with Gasteiger partial charge in [0.2, 0.25) is 0 Å². The van der Waals surface area contributed by atoms with Crippen LogP contribution in [0.2, 0.25) is 0 Å². The first-order chi connectivity index (χ1) is 9.51. The molecular weight excluding hydrogens is 258 g/mol. The summed E-state index contributed by atoms with van der Waals surface area (Å²) in [5, 5.41) is 9.49. The zero-order chi connectivity index (χ0) is 15.1. The molecule has 0 spiro atoms. The number of hydrogen-bond acceptors (Lipinski definition) is 4. The van der Waals surface area contributed by atoms with Crippen LogP contribution in [-0.2, 0) is 14.3 Å². The van der Waals surface area contributed by atoms with E-state index < -0.39 is 5.97 Å². The SMILES string of the molecule is COCCN(C(C)COC)C1CC(C)CCC1C(=O)O. The van der Waals surface area contributed by atoms with Crippen LogP contribution in [0.3, 0.4) is 0 Å². The molecular formula is C15H29NO4. The van der Waals surface area contributed by atoms with E-state index in [1.807, 2.05) is 0 Å². The molecule has 0 aromatic carbocycles. The molecule has 4 atom stereocenters. The largest absolute Gasteiger partial charge is 0.481 e. The second-order valence-corrected chi connectivity index (χ2v) is 5.97. The van der Waals surface area contributed by atoms with Crippen LogP contribution in [0.15, 0.2) is 0 Å². The van der Waals surface area contributed by atoms with Crippen molar-refractivity contribution in [3.05, 3.63) is 0 Å². The van der Waals surface area contributed by atoms with Crippen LogP contribution in [0.5, 0.6) is 0 Å². The Morgan fingerprint density at radius 1 is 1.35 bits per heavy atom. The van der Waals surface area contributed by atoms with E-state index in [4.69, 9.17) is 9.47 Å². The summed E-state index contributed by atoms with van der Waals surface area (Å²) < 4.78 is 10.4. The van der Waals surface area contributed by atoms with Gasteiger partial charge in [-0.15, -0.1) is 0 Å². The second-order valence-electron chi connectivity index (χ2n) is 5.97. The molecule has 0 saturated heterocycles. The van der Waals surface area contributed by atoms with Gasteiger partial charge in [-0.25, -0.2) is 0 Å². The predicted octanol–water partition coefficient (Wildman–Crippen LogP) is 1.86. The Labute approximate surface area is 122 Å². The summed E-state index contributed by atoms with van der Waals surface area (Å²) in [6.07, 6.45) is 2.71. The molecule has 5 nitrogen and oxygen atoms in total. The number of rotatable bonds is 8. The maximum atomic E-state index is 11.5. The molecule has 1 saturated carbocycles. The highest BCUT2D eigenvalue weighted by molar-refractivity contribution is 5.71. The monoisotopic (exact) mass is 287 g/mol. The van der Waals surface area contributed by atoms with Gasteiger partial charge < -0.3 is 14.6 Å². The standard InChI is InChI=1S/C15H29NO4/c1-11-5-6-13(15(17)18)14(9-11)16(7-8-19-3)12(2)10-20-4/h11-14H,5-10H2,1-4H3,(H,17,18). The number of carbonyl (C=O) groups is 1. The Bertz CT molecular complexity index is 298. The van der Waals surface area contributed by atoms with Crippen molar-refractivity contribution in [3.63, 3.8) is 0 Å². The highest BCUT2D eigenvalue weighted by atomic mass is 16.5. The van der Waals surface area contributed by atoms with Crippen molar-refractivity contribution in [2.45, 2.75) is 45.2 Å². The zero-order valence-electron chi connectivity index (χ0n) is 13.2. The third-order valence-electron chi connectivity index (χ3n) is 4.35. The van der Waals surface area contributed by atoms with Crippen LogP contribution in [-0.4, -0.2) is 62.0 Å². The maximum Gasteiger partial charge on any atom is 0.308 e. The van der Waals surface area contributed by atoms with Gasteiger partial charge in [-0.3, -0.25) is 9.69 Å². The topological polar surface area (TPSA) is 59.0 Å². The Balaban J connectivity index is 2.84. The quantitative estimate of drug-likeness (QED) is 0.738. The van der Waals surface area contributed by atoms with Crippen molar-refractivity contribution in [1.29, 1.82) is 0 Å². The van der Waals surface area contributed by atoms with Crippen LogP contribution in [0, 0.1) is 11.8 Å². The van der Waals surface area contributed by atoms with Crippen molar-refractivity contribution in [1.82, 2.24) is 4.90 Å². The van der Waals surface area contributed by atoms with Gasteiger partial charge in [0, 0.05) is 32.8 Å². The van der Waals surface area contributed by atoms with Crippen molar-refractivity contribution < 1.29 is 19.4 Å². The summed E-state index contributed by atoms with van der Waals surface area (Å²) >= 11 is 0. The molecule has 0 aromatic heterocycles. The van der Waals surface area contributed by atoms with Crippen molar-refractivity contribution >= 4 is 5.97 Å². The molecule has 0 amide bonds. The molecule has 0 aromatic rings. The van der Waals surface area contributed by atoms with Gasteiger partial charge in [-0.05, 0) is 32.1 Å². The van der Waals surface area contributed by atoms with Crippen molar-refractivity contribution in [2.24, 2.45) is 11.8 Å². The predicted molar refractivity (Wildman–Crippen MR) is 77.8 cm³/mol. The number of carboxylic acids is 1. The highest BCUT2D eigenvalue weighted by Gasteiger charge is 2.38. The molecule has 0 heterocycles. The van der Waals surface area contributed by atoms with Crippen LogP contribution in [0.4, 0.5) is 0 Å². The zero-order valence-corrected chi connectivity index (χ0v) is 13.2. The maximum absolute atomic E-state index is 11.5. The summed E-state index contributed by atoms with van der Waals surface area (Å²) in [7, 11) is 3.36. The lowest BCUT2D eigenvalue weighted by molar-refractivity contribution is -0.147. The molecule has 0 aliphatic heterocycles. The molecule has 1 aliphatic carbocycles. The smallest absolute Gasteiger partial charge is 0.308 e. The Morgan fingerprint density at radius 2 is 2.05 bits per heavy atom. The van der Waals surface area contributed by atoms with Gasteiger partial charge in [0.15, 0.2) is 0 Å². The van der Waals surface area contributed by atoms with E-state index >= 15 is 0 Å². The van der Waals surface area contributed by atoms with E-state index in [-0.39, 0.29) is 18.0 Å². The third-order valence-corrected chi connectivity index (χ3v) is 4.35. The van der Waals surface area contributed by atoms with E-state index in [9.17, 15) is 9.90 Å². The first-order valence-electron chi connectivity index (χ1n) is 7.47. The lowest BCUT2D eigenvalue weighted by Gasteiger charge is -2.43. The number of carboxylic acid groups (broad SMARTS) is 1. The average Bonchev–Trinajstić information content (AvgIpc) is 2.39. The van der Waals surface area contributed by atoms with Crippen molar-refractivity contribution in [3.8, 4) is 0 Å². The average molecular weight is 287 g/mol. The van der Waals surface area contributed by atoms with Gasteiger partial charge in [-0.2, -0.15) is 0 Å². The molecule has 118 valence electrons. The van der Waals surface area contributed by atoms with Gasteiger partial charge in [0.25, 0.3) is 0 Å². The second kappa shape index (κ2) is 8.60. The molecule has 0 radical (unpaired) electrons. The Morgan fingerprint density at radius 3 is 2.60 bits per heavy atom. The molecule has 1 N–H and O–H groups in total. The summed E-state index contributed by atoms with van der Waals surface area (Å²) in [6, 6.07) is 0.281. The number of hydrogen-bond donors (Lipinski definition) is 1.